The van der Waals surface area contributed by atoms with Crippen LogP contribution in [-0.4, -0.2) is 51.0 Å². The Morgan fingerprint density at radius 3 is 2.42 bits per heavy atom. The number of hydrogen-bond acceptors (Lipinski definition) is 4. The lowest BCUT2D eigenvalue weighted by Gasteiger charge is -2.31. The molecule has 0 radical (unpaired) electrons. The maximum Gasteiger partial charge on any atom is 0.416 e. The molecule has 1 N–H and O–H groups in total. The topological polar surface area (TPSA) is 66.5 Å². The SMILES string of the molecule is CC(C)CS(=O)(=O)NCCN1CCC(CC(=O)Cc2cc(F)cc(C(F)(F)F)c2)CC1. The Kier molecular flexibility index (Phi) is 9.03. The van der Waals surface area contributed by atoms with E-state index >= 15 is 0 Å². The Hall–Kier alpha value is -1.52. The molecule has 0 bridgehead atoms. The molecule has 0 unspecified atom stereocenters. The monoisotopic (exact) mass is 466 g/mol. The quantitative estimate of drug-likeness (QED) is 0.535. The van der Waals surface area contributed by atoms with E-state index < -0.39 is 27.6 Å². The Bertz CT molecular complexity index is 849. The van der Waals surface area contributed by atoms with Crippen molar-refractivity contribution in [1.82, 2.24) is 9.62 Å². The minimum Gasteiger partial charge on any atom is -0.302 e. The van der Waals surface area contributed by atoms with E-state index in [1.807, 2.05) is 13.8 Å². The number of ketones is 1. The van der Waals surface area contributed by atoms with Gasteiger partial charge in [0.1, 0.15) is 11.6 Å². The van der Waals surface area contributed by atoms with Crippen molar-refractivity contribution in [2.75, 3.05) is 31.9 Å². The van der Waals surface area contributed by atoms with Crippen molar-refractivity contribution in [3.8, 4) is 0 Å². The standard InChI is InChI=1S/C21H30F4N2O3S/c1-15(2)14-31(29,30)26-5-8-27-6-3-16(4-7-27)11-20(28)12-17-9-18(21(23,24)25)13-19(22)10-17/h9-10,13,15-16,26H,3-8,11-12,14H2,1-2H3. The fourth-order valence-corrected chi connectivity index (χ4v) is 5.21. The van der Waals surface area contributed by atoms with Gasteiger partial charge >= 0.3 is 6.18 Å². The Morgan fingerprint density at radius 1 is 1.19 bits per heavy atom. The number of Topliss-reactive ketones (excluding diaryl/α,β-unsaturated/α-hetero) is 1. The van der Waals surface area contributed by atoms with Crippen molar-refractivity contribution in [2.45, 2.75) is 45.7 Å². The summed E-state index contributed by atoms with van der Waals surface area (Å²) in [6.07, 6.45) is -3.13. The normalized spacial score (nSPS) is 16.7. The molecule has 1 aromatic rings. The molecule has 0 atom stereocenters. The number of halogens is 4. The molecule has 176 valence electrons. The molecule has 0 amide bonds. The summed E-state index contributed by atoms with van der Waals surface area (Å²) in [5, 5.41) is 0. The van der Waals surface area contributed by atoms with Gasteiger partial charge in [0.25, 0.3) is 0 Å². The molecular formula is C21H30F4N2O3S. The van der Waals surface area contributed by atoms with Crippen LogP contribution >= 0.6 is 0 Å². The number of nitrogens with one attached hydrogen (secondary N) is 1. The predicted octanol–water partition coefficient (Wildman–Crippen LogP) is 3.63. The van der Waals surface area contributed by atoms with E-state index in [0.717, 1.165) is 38.1 Å². The molecule has 1 aromatic carbocycles. The van der Waals surface area contributed by atoms with Crippen LogP contribution in [-0.2, 0) is 27.4 Å². The van der Waals surface area contributed by atoms with Crippen LogP contribution < -0.4 is 4.72 Å². The summed E-state index contributed by atoms with van der Waals surface area (Å²) in [7, 11) is -3.27. The maximum atomic E-state index is 13.5. The third-order valence-corrected chi connectivity index (χ3v) is 6.96. The molecule has 1 aliphatic heterocycles. The molecule has 1 fully saturated rings. The molecule has 0 aliphatic carbocycles. The second kappa shape index (κ2) is 10.9. The summed E-state index contributed by atoms with van der Waals surface area (Å²) in [5.41, 5.74) is -1.06. The largest absolute Gasteiger partial charge is 0.416 e. The number of alkyl halides is 3. The number of hydrogen-bond donors (Lipinski definition) is 1. The fraction of sp³-hybridized carbons (Fsp3) is 0.667. The van der Waals surface area contributed by atoms with Gasteiger partial charge in [0.15, 0.2) is 0 Å². The van der Waals surface area contributed by atoms with Crippen LogP contribution in [0.25, 0.3) is 0 Å². The number of carbonyl (C=O) groups is 1. The second-order valence-corrected chi connectivity index (χ2v) is 10.5. The Morgan fingerprint density at radius 2 is 1.84 bits per heavy atom. The first-order valence-electron chi connectivity index (χ1n) is 10.4. The van der Waals surface area contributed by atoms with Crippen molar-refractivity contribution in [2.24, 2.45) is 11.8 Å². The number of rotatable bonds is 10. The fourth-order valence-electron chi connectivity index (χ4n) is 3.81. The van der Waals surface area contributed by atoms with Crippen molar-refractivity contribution < 1.29 is 30.8 Å². The van der Waals surface area contributed by atoms with Crippen molar-refractivity contribution >= 4 is 15.8 Å². The zero-order valence-electron chi connectivity index (χ0n) is 17.8. The number of piperidine rings is 1. The summed E-state index contributed by atoms with van der Waals surface area (Å²) in [5.74, 6) is -0.948. The van der Waals surface area contributed by atoms with Crippen LogP contribution in [0.3, 0.4) is 0 Å². The summed E-state index contributed by atoms with van der Waals surface area (Å²) in [6.45, 7) is 6.05. The molecule has 0 aromatic heterocycles. The smallest absolute Gasteiger partial charge is 0.302 e. The van der Waals surface area contributed by atoms with Gasteiger partial charge < -0.3 is 4.90 Å². The van der Waals surface area contributed by atoms with Crippen LogP contribution in [0.2, 0.25) is 0 Å². The second-order valence-electron chi connectivity index (χ2n) is 8.62. The van der Waals surface area contributed by atoms with Crippen LogP contribution in [0.5, 0.6) is 0 Å². The number of carbonyl (C=O) groups excluding carboxylic acids is 1. The zero-order chi connectivity index (χ0) is 23.2. The molecule has 10 heteroatoms. The van der Waals surface area contributed by atoms with Crippen molar-refractivity contribution in [3.63, 3.8) is 0 Å². The average molecular weight is 467 g/mol. The molecular weight excluding hydrogens is 436 g/mol. The third kappa shape index (κ3) is 9.24. The highest BCUT2D eigenvalue weighted by Gasteiger charge is 2.31. The van der Waals surface area contributed by atoms with Gasteiger partial charge in [-0.3, -0.25) is 4.79 Å². The summed E-state index contributed by atoms with van der Waals surface area (Å²) < 4.78 is 78.2. The molecule has 0 saturated carbocycles. The minimum absolute atomic E-state index is 0.0310. The van der Waals surface area contributed by atoms with Gasteiger partial charge in [0.05, 0.1) is 11.3 Å². The van der Waals surface area contributed by atoms with Gasteiger partial charge in [-0.1, -0.05) is 13.8 Å². The van der Waals surface area contributed by atoms with E-state index in [2.05, 4.69) is 9.62 Å². The maximum absolute atomic E-state index is 13.5. The van der Waals surface area contributed by atoms with E-state index in [1.165, 1.54) is 0 Å². The van der Waals surface area contributed by atoms with E-state index in [1.54, 1.807) is 0 Å². The van der Waals surface area contributed by atoms with Gasteiger partial charge in [0.2, 0.25) is 10.0 Å². The summed E-state index contributed by atoms with van der Waals surface area (Å²) in [6, 6.07) is 2.21. The molecule has 1 heterocycles. The zero-order valence-corrected chi connectivity index (χ0v) is 18.7. The van der Waals surface area contributed by atoms with E-state index in [4.69, 9.17) is 0 Å². The van der Waals surface area contributed by atoms with Gasteiger partial charge in [0, 0.05) is 25.9 Å². The molecule has 1 saturated heterocycles. The first-order valence-corrected chi connectivity index (χ1v) is 12.1. The first kappa shape index (κ1) is 25.7. The highest BCUT2D eigenvalue weighted by atomic mass is 32.2. The summed E-state index contributed by atoms with van der Waals surface area (Å²) in [4.78, 5) is 14.4. The molecule has 2 rings (SSSR count). The van der Waals surface area contributed by atoms with Crippen LogP contribution in [0.1, 0.15) is 44.2 Å². The molecule has 1 aliphatic rings. The predicted molar refractivity (Wildman–Crippen MR) is 111 cm³/mol. The average Bonchev–Trinajstić information content (AvgIpc) is 2.60. The van der Waals surface area contributed by atoms with E-state index in [-0.39, 0.29) is 41.8 Å². The molecule has 5 nitrogen and oxygen atoms in total. The first-order chi connectivity index (χ1) is 14.3. The number of likely N-dealkylation sites (tertiary alicyclic amines) is 1. The molecule has 31 heavy (non-hydrogen) atoms. The van der Waals surface area contributed by atoms with Gasteiger partial charge in [-0.25, -0.2) is 17.5 Å². The van der Waals surface area contributed by atoms with Gasteiger partial charge in [-0.05, 0) is 61.5 Å². The van der Waals surface area contributed by atoms with Crippen molar-refractivity contribution in [3.05, 3.63) is 35.1 Å². The Labute approximate surface area is 181 Å². The van der Waals surface area contributed by atoms with Crippen molar-refractivity contribution in [1.29, 1.82) is 0 Å². The van der Waals surface area contributed by atoms with Crippen LogP contribution in [0, 0.1) is 17.7 Å². The highest BCUT2D eigenvalue weighted by Crippen LogP contribution is 2.31. The highest BCUT2D eigenvalue weighted by molar-refractivity contribution is 7.89. The van der Waals surface area contributed by atoms with Crippen LogP contribution in [0.15, 0.2) is 18.2 Å². The van der Waals surface area contributed by atoms with Gasteiger partial charge in [-0.15, -0.1) is 0 Å². The van der Waals surface area contributed by atoms with E-state index in [0.29, 0.717) is 19.2 Å². The van der Waals surface area contributed by atoms with E-state index in [9.17, 15) is 30.8 Å². The lowest BCUT2D eigenvalue weighted by Crippen LogP contribution is -2.40. The lowest BCUT2D eigenvalue weighted by atomic mass is 9.90. The summed E-state index contributed by atoms with van der Waals surface area (Å²) >= 11 is 0. The number of benzene rings is 1. The van der Waals surface area contributed by atoms with Gasteiger partial charge in [-0.2, -0.15) is 13.2 Å². The lowest BCUT2D eigenvalue weighted by molar-refractivity contribution is -0.138. The van der Waals surface area contributed by atoms with Crippen LogP contribution in [0.4, 0.5) is 17.6 Å². The third-order valence-electron chi connectivity index (χ3n) is 5.21. The number of nitrogens with zero attached hydrogens (tertiary/aromatic N) is 1. The molecule has 0 spiro atoms. The minimum atomic E-state index is -4.66. The number of sulfonamides is 1. The Balaban J connectivity index is 1.75.